The molecule has 1 saturated carbocycles. The van der Waals surface area contributed by atoms with Crippen molar-refractivity contribution < 1.29 is 28.7 Å². The predicted molar refractivity (Wildman–Crippen MR) is 275 cm³/mol. The summed E-state index contributed by atoms with van der Waals surface area (Å²) < 4.78 is 13.0. The van der Waals surface area contributed by atoms with Gasteiger partial charge in [-0.25, -0.2) is 24.5 Å². The van der Waals surface area contributed by atoms with Gasteiger partial charge in [0.2, 0.25) is 11.8 Å². The Labute approximate surface area is 410 Å². The minimum Gasteiger partial charge on any atom is -0.444 e. The van der Waals surface area contributed by atoms with Crippen molar-refractivity contribution in [2.75, 3.05) is 72.8 Å². The molecule has 11 rings (SSSR count). The molecular formula is C53H58N8O6S2. The highest BCUT2D eigenvalue weighted by Gasteiger charge is 2.60. The summed E-state index contributed by atoms with van der Waals surface area (Å²) in [5, 5.41) is 1.08. The fraction of sp³-hybridized carbons (Fsp3) is 0.396. The summed E-state index contributed by atoms with van der Waals surface area (Å²) in [5.74, 6) is -0.237. The van der Waals surface area contributed by atoms with Gasteiger partial charge in [-0.2, -0.15) is 0 Å². The number of hydrogen-bond donors (Lipinski definition) is 1. The summed E-state index contributed by atoms with van der Waals surface area (Å²) in [5.41, 5.74) is 13.3. The molecule has 2 bridgehead atoms. The van der Waals surface area contributed by atoms with Crippen LogP contribution in [0.5, 0.6) is 0 Å². The summed E-state index contributed by atoms with van der Waals surface area (Å²) in [6.07, 6.45) is 4.66. The third-order valence-corrected chi connectivity index (χ3v) is 15.3. The van der Waals surface area contributed by atoms with E-state index in [1.165, 1.54) is 33.3 Å². The maximum absolute atomic E-state index is 13.2. The van der Waals surface area contributed by atoms with Crippen LogP contribution in [0.2, 0.25) is 0 Å². The molecule has 5 aliphatic rings. The number of rotatable bonds is 5. The average Bonchev–Trinajstić information content (AvgIpc) is 4.17. The van der Waals surface area contributed by atoms with E-state index in [0.717, 1.165) is 81.0 Å². The van der Waals surface area contributed by atoms with Crippen LogP contribution in [0.15, 0.2) is 97.1 Å². The quantitative estimate of drug-likeness (QED) is 0.130. The number of thiazole rings is 2. The topological polar surface area (TPSA) is 155 Å². The molecule has 69 heavy (non-hydrogen) atoms. The molecule has 3 aliphatic heterocycles. The fourth-order valence-corrected chi connectivity index (χ4v) is 11.9. The number of piperazine rings is 2. The number of hydrogen-bond acceptors (Lipinski definition) is 13. The van der Waals surface area contributed by atoms with E-state index >= 15 is 0 Å². The van der Waals surface area contributed by atoms with Crippen molar-refractivity contribution in [2.24, 2.45) is 23.7 Å². The second kappa shape index (κ2) is 18.1. The zero-order valence-electron chi connectivity index (χ0n) is 39.9. The summed E-state index contributed by atoms with van der Waals surface area (Å²) in [7, 11) is 0. The van der Waals surface area contributed by atoms with Crippen LogP contribution in [0.1, 0.15) is 48.0 Å². The molecule has 6 aromatic rings. The van der Waals surface area contributed by atoms with E-state index in [9.17, 15) is 19.2 Å². The summed E-state index contributed by atoms with van der Waals surface area (Å²) in [6.45, 7) is 17.0. The van der Waals surface area contributed by atoms with E-state index in [4.69, 9.17) is 15.2 Å². The lowest BCUT2D eigenvalue weighted by Gasteiger charge is -2.36. The Morgan fingerprint density at radius 2 is 0.971 bits per heavy atom. The standard InChI is InChI=1S/C31H32N4O4S.C22H26N4O2S/c1-31(2,3)39-30(38)34-14-12-33(13-15-34)22-9-6-18(7-10-22)19-8-11-23-24(17-19)40-29(32-23)35-27(36)25-20-4-5-21(16-20)26(25)28(35)37;1-22(2,3)28-21(27)26-12-10-25(11-13-26)17-7-4-15(5-8-17)16-6-9-18-19(14-16)29-20(23)24-18/h4-11,17,20-21,25-26H,12-16H2,1-3H3;4-9,14H,10-13H2,1-3H3,(H2,23,24)/t20-,21+,25-,26+;. The molecule has 0 unspecified atom stereocenters. The van der Waals surface area contributed by atoms with Crippen LogP contribution < -0.4 is 20.4 Å². The molecule has 0 radical (unpaired) electrons. The first-order chi connectivity index (χ1) is 32.9. The van der Waals surface area contributed by atoms with Gasteiger partial charge in [0.05, 0.1) is 32.3 Å². The number of imide groups is 1. The van der Waals surface area contributed by atoms with Crippen LogP contribution in [0, 0.1) is 23.7 Å². The van der Waals surface area contributed by atoms with Crippen LogP contribution in [0.3, 0.4) is 0 Å². The SMILES string of the molecule is CC(C)(C)OC(=O)N1CCN(c2ccc(-c3ccc4nc(N)sc4c3)cc2)CC1.CC(C)(C)OC(=O)N1CCN(c2ccc(-c3ccc4nc(N5C(=O)[C@@H]6[C@H](C5=O)[C@@H]5C=C[C@H]6C5)sc4c3)cc2)CC1. The van der Waals surface area contributed by atoms with Gasteiger partial charge in [-0.1, -0.05) is 71.2 Å². The smallest absolute Gasteiger partial charge is 0.410 e. The molecule has 4 atom stereocenters. The van der Waals surface area contributed by atoms with Gasteiger partial charge in [0, 0.05) is 63.7 Å². The number of ether oxygens (including phenoxy) is 2. The van der Waals surface area contributed by atoms with Crippen LogP contribution in [-0.2, 0) is 19.1 Å². The number of carbonyl (C=O) groups excluding carboxylic acids is 4. The Morgan fingerprint density at radius 3 is 1.41 bits per heavy atom. The molecule has 2 N–H and O–H groups in total. The van der Waals surface area contributed by atoms with E-state index < -0.39 is 11.2 Å². The number of fused-ring (bicyclic) bond motifs is 7. The number of benzene rings is 4. The Morgan fingerprint density at radius 1 is 0.565 bits per heavy atom. The second-order valence-electron chi connectivity index (χ2n) is 20.4. The van der Waals surface area contributed by atoms with Crippen molar-refractivity contribution >= 4 is 88.7 Å². The third-order valence-electron chi connectivity index (χ3n) is 13.4. The molecule has 4 aromatic carbocycles. The zero-order chi connectivity index (χ0) is 48.4. The van der Waals surface area contributed by atoms with E-state index in [2.05, 4.69) is 98.6 Å². The Bertz CT molecular complexity index is 2930. The molecule has 14 nitrogen and oxygen atoms in total. The fourth-order valence-electron chi connectivity index (χ4n) is 10.1. The van der Waals surface area contributed by atoms with Crippen molar-refractivity contribution in [3.05, 3.63) is 97.1 Å². The Balaban J connectivity index is 0.000000169. The number of nitrogens with two attached hydrogens (primary N) is 1. The first-order valence-electron chi connectivity index (χ1n) is 23.7. The molecule has 4 fully saturated rings. The van der Waals surface area contributed by atoms with Crippen molar-refractivity contribution in [3.63, 3.8) is 0 Å². The van der Waals surface area contributed by atoms with E-state index in [0.29, 0.717) is 36.4 Å². The van der Waals surface area contributed by atoms with E-state index in [1.807, 2.05) is 59.7 Å². The van der Waals surface area contributed by atoms with Crippen molar-refractivity contribution in [1.29, 1.82) is 0 Å². The molecule has 2 aromatic heterocycles. The molecule has 2 aliphatic carbocycles. The lowest BCUT2D eigenvalue weighted by atomic mass is 9.85. The molecule has 4 amide bonds. The first kappa shape index (κ1) is 46.2. The summed E-state index contributed by atoms with van der Waals surface area (Å²) >= 11 is 2.91. The number of carbonyl (C=O) groups is 4. The van der Waals surface area contributed by atoms with Crippen molar-refractivity contribution in [1.82, 2.24) is 19.8 Å². The molecular weight excluding hydrogens is 909 g/mol. The molecule has 3 saturated heterocycles. The van der Waals surface area contributed by atoms with Crippen LogP contribution in [-0.4, -0.2) is 107 Å². The molecule has 16 heteroatoms. The maximum atomic E-state index is 13.2. The van der Waals surface area contributed by atoms with Crippen LogP contribution in [0.4, 0.5) is 31.2 Å². The summed E-state index contributed by atoms with van der Waals surface area (Å²) in [4.78, 5) is 69.5. The van der Waals surface area contributed by atoms with Gasteiger partial charge >= 0.3 is 12.2 Å². The second-order valence-corrected chi connectivity index (χ2v) is 22.5. The minimum atomic E-state index is -0.493. The number of nitrogen functional groups attached to an aromatic ring is 1. The highest BCUT2D eigenvalue weighted by Crippen LogP contribution is 2.53. The van der Waals surface area contributed by atoms with Crippen LogP contribution in [0.25, 0.3) is 42.7 Å². The van der Waals surface area contributed by atoms with Crippen molar-refractivity contribution in [3.8, 4) is 22.3 Å². The number of aromatic nitrogens is 2. The number of amides is 4. The predicted octanol–water partition coefficient (Wildman–Crippen LogP) is 9.93. The van der Waals surface area contributed by atoms with Crippen molar-refractivity contribution in [2.45, 2.75) is 59.2 Å². The molecule has 358 valence electrons. The van der Waals surface area contributed by atoms with E-state index in [-0.39, 0.29) is 47.7 Å². The van der Waals surface area contributed by atoms with Gasteiger partial charge < -0.3 is 34.8 Å². The highest BCUT2D eigenvalue weighted by molar-refractivity contribution is 7.22. The zero-order valence-corrected chi connectivity index (χ0v) is 41.5. The van der Waals surface area contributed by atoms with Gasteiger partial charge in [-0.05, 0) is 131 Å². The van der Waals surface area contributed by atoms with Gasteiger partial charge in [0.1, 0.15) is 11.2 Å². The molecule has 5 heterocycles. The molecule has 0 spiro atoms. The number of anilines is 4. The van der Waals surface area contributed by atoms with Gasteiger partial charge in [0.15, 0.2) is 10.3 Å². The lowest BCUT2D eigenvalue weighted by Crippen LogP contribution is -2.50. The third kappa shape index (κ3) is 9.61. The lowest BCUT2D eigenvalue weighted by molar-refractivity contribution is -0.123. The van der Waals surface area contributed by atoms with Gasteiger partial charge in [0.25, 0.3) is 0 Å². The maximum Gasteiger partial charge on any atom is 0.410 e. The van der Waals surface area contributed by atoms with Crippen LogP contribution >= 0.6 is 22.7 Å². The minimum absolute atomic E-state index is 0.0892. The highest BCUT2D eigenvalue weighted by atomic mass is 32.1. The number of allylic oxidation sites excluding steroid dienone is 2. The average molecular weight is 967 g/mol. The van der Waals surface area contributed by atoms with E-state index in [1.54, 1.807) is 9.80 Å². The Hall–Kier alpha value is -6.52. The van der Waals surface area contributed by atoms with Gasteiger partial charge in [-0.15, -0.1) is 0 Å². The normalized spacial score (nSPS) is 21.3. The van der Waals surface area contributed by atoms with Gasteiger partial charge in [-0.3, -0.25) is 9.59 Å². The largest absolute Gasteiger partial charge is 0.444 e. The summed E-state index contributed by atoms with van der Waals surface area (Å²) in [6, 6.07) is 29.3. The number of nitrogens with zero attached hydrogens (tertiary/aromatic N) is 7. The Kier molecular flexibility index (Phi) is 12.1. The monoisotopic (exact) mass is 966 g/mol. The first-order valence-corrected chi connectivity index (χ1v) is 25.4.